The van der Waals surface area contributed by atoms with Crippen molar-refractivity contribution in [3.63, 3.8) is 0 Å². The second-order valence-corrected chi connectivity index (χ2v) is 8.48. The lowest BCUT2D eigenvalue weighted by atomic mass is 10.1. The van der Waals surface area contributed by atoms with Gasteiger partial charge in [0.05, 0.1) is 0 Å². The van der Waals surface area contributed by atoms with Gasteiger partial charge in [-0.3, -0.25) is 9.59 Å². The Bertz CT molecular complexity index is 827. The highest BCUT2D eigenvalue weighted by molar-refractivity contribution is 9.10. The minimum atomic E-state index is -0.587. The lowest BCUT2D eigenvalue weighted by molar-refractivity contribution is -0.143. The van der Waals surface area contributed by atoms with E-state index in [1.54, 1.807) is 29.2 Å². The minimum Gasteiger partial charge on any atom is -0.484 e. The van der Waals surface area contributed by atoms with Crippen LogP contribution >= 0.6 is 27.5 Å². The molecule has 0 saturated carbocycles. The molecule has 0 aliphatic heterocycles. The minimum absolute atomic E-state index is 0.0399. The fourth-order valence-electron chi connectivity index (χ4n) is 2.91. The van der Waals surface area contributed by atoms with E-state index in [9.17, 15) is 9.59 Å². The van der Waals surface area contributed by atoms with Crippen LogP contribution in [-0.2, 0) is 16.1 Å². The fourth-order valence-corrected chi connectivity index (χ4v) is 3.30. The first kappa shape index (κ1) is 24.2. The summed E-state index contributed by atoms with van der Waals surface area (Å²) in [5.41, 5.74) is 0.895. The smallest absolute Gasteiger partial charge is 0.261 e. The van der Waals surface area contributed by atoms with Crippen LogP contribution in [0.5, 0.6) is 5.75 Å². The maximum Gasteiger partial charge on any atom is 0.261 e. The molecule has 2 aromatic carbocycles. The number of ether oxygens (including phenoxy) is 1. The van der Waals surface area contributed by atoms with Crippen molar-refractivity contribution in [2.75, 3.05) is 6.61 Å². The molecule has 0 aliphatic rings. The largest absolute Gasteiger partial charge is 0.484 e. The van der Waals surface area contributed by atoms with E-state index < -0.39 is 6.04 Å². The van der Waals surface area contributed by atoms with E-state index >= 15 is 0 Å². The fraction of sp³-hybridized carbons (Fsp3) is 0.391. The molecule has 0 spiro atoms. The first-order chi connectivity index (χ1) is 14.3. The highest BCUT2D eigenvalue weighted by atomic mass is 79.9. The van der Waals surface area contributed by atoms with Crippen LogP contribution in [0.15, 0.2) is 53.0 Å². The van der Waals surface area contributed by atoms with E-state index in [-0.39, 0.29) is 24.5 Å². The van der Waals surface area contributed by atoms with Crippen molar-refractivity contribution in [1.82, 2.24) is 10.2 Å². The van der Waals surface area contributed by atoms with Crippen LogP contribution in [0.4, 0.5) is 0 Å². The lowest BCUT2D eigenvalue weighted by Gasteiger charge is -2.31. The summed E-state index contributed by atoms with van der Waals surface area (Å²) in [4.78, 5) is 27.6. The maximum atomic E-state index is 13.1. The number of nitrogens with zero attached hydrogens (tertiary/aromatic N) is 1. The molecule has 1 N–H and O–H groups in total. The first-order valence-electron chi connectivity index (χ1n) is 10.1. The summed E-state index contributed by atoms with van der Waals surface area (Å²) in [6, 6.07) is 14.0. The van der Waals surface area contributed by atoms with Gasteiger partial charge in [-0.15, -0.1) is 0 Å². The Kier molecular flexibility index (Phi) is 9.66. The molecule has 0 aliphatic carbocycles. The molecule has 2 atom stereocenters. The SMILES string of the molecule is CC[C@@H](C)NC(=O)[C@@H](CC)N(Cc1ccc(Cl)cc1)C(=O)COc1ccc(Br)cc1. The molecular formula is C23H28BrClN2O3. The summed E-state index contributed by atoms with van der Waals surface area (Å²) in [5.74, 6) is 0.187. The Hall–Kier alpha value is -2.05. The van der Waals surface area contributed by atoms with Gasteiger partial charge in [0.25, 0.3) is 5.91 Å². The van der Waals surface area contributed by atoms with Crippen LogP contribution < -0.4 is 10.1 Å². The van der Waals surface area contributed by atoms with E-state index in [2.05, 4.69) is 21.2 Å². The highest BCUT2D eigenvalue weighted by Gasteiger charge is 2.29. The molecule has 7 heteroatoms. The molecular weight excluding hydrogens is 468 g/mol. The van der Waals surface area contributed by atoms with Gasteiger partial charge in [-0.05, 0) is 61.7 Å². The summed E-state index contributed by atoms with van der Waals surface area (Å²) in [7, 11) is 0. The van der Waals surface area contributed by atoms with Crippen LogP contribution in [-0.4, -0.2) is 35.4 Å². The summed E-state index contributed by atoms with van der Waals surface area (Å²) in [6.45, 7) is 6.01. The van der Waals surface area contributed by atoms with Crippen LogP contribution in [0.25, 0.3) is 0 Å². The number of nitrogens with one attached hydrogen (secondary N) is 1. The molecule has 2 aromatic rings. The molecule has 0 heterocycles. The quantitative estimate of drug-likeness (QED) is 0.493. The number of carbonyl (C=O) groups is 2. The third kappa shape index (κ3) is 7.33. The molecule has 5 nitrogen and oxygen atoms in total. The number of benzene rings is 2. The molecule has 0 fully saturated rings. The molecule has 2 amide bonds. The summed E-state index contributed by atoms with van der Waals surface area (Å²) < 4.78 is 6.60. The van der Waals surface area contributed by atoms with Crippen molar-refractivity contribution >= 4 is 39.3 Å². The Labute approximate surface area is 191 Å². The van der Waals surface area contributed by atoms with Crippen LogP contribution in [0.3, 0.4) is 0 Å². The summed E-state index contributed by atoms with van der Waals surface area (Å²) >= 11 is 9.36. The average molecular weight is 496 g/mol. The summed E-state index contributed by atoms with van der Waals surface area (Å²) in [6.07, 6.45) is 1.32. The Morgan fingerprint density at radius 2 is 1.70 bits per heavy atom. The van der Waals surface area contributed by atoms with E-state index in [1.807, 2.05) is 45.0 Å². The molecule has 2 rings (SSSR count). The van der Waals surface area contributed by atoms with Crippen LogP contribution in [0, 0.1) is 0 Å². The maximum absolute atomic E-state index is 13.1. The van der Waals surface area contributed by atoms with Gasteiger partial charge in [0.1, 0.15) is 11.8 Å². The van der Waals surface area contributed by atoms with Crippen molar-refractivity contribution in [3.05, 3.63) is 63.6 Å². The Morgan fingerprint density at radius 3 is 2.27 bits per heavy atom. The van der Waals surface area contributed by atoms with Gasteiger partial charge >= 0.3 is 0 Å². The van der Waals surface area contributed by atoms with Gasteiger partial charge in [0, 0.05) is 22.1 Å². The number of hydrogen-bond donors (Lipinski definition) is 1. The van der Waals surface area contributed by atoms with Gasteiger partial charge in [-0.25, -0.2) is 0 Å². The summed E-state index contributed by atoms with van der Waals surface area (Å²) in [5, 5.41) is 3.61. The van der Waals surface area contributed by atoms with E-state index in [4.69, 9.17) is 16.3 Å². The molecule has 0 bridgehead atoms. The Balaban J connectivity index is 2.19. The van der Waals surface area contributed by atoms with E-state index in [0.29, 0.717) is 23.7 Å². The lowest BCUT2D eigenvalue weighted by Crippen LogP contribution is -2.51. The monoisotopic (exact) mass is 494 g/mol. The van der Waals surface area contributed by atoms with Crippen molar-refractivity contribution in [3.8, 4) is 5.75 Å². The topological polar surface area (TPSA) is 58.6 Å². The zero-order chi connectivity index (χ0) is 22.1. The number of hydrogen-bond acceptors (Lipinski definition) is 3. The van der Waals surface area contributed by atoms with Crippen molar-refractivity contribution in [2.24, 2.45) is 0 Å². The molecule has 30 heavy (non-hydrogen) atoms. The van der Waals surface area contributed by atoms with Crippen molar-refractivity contribution in [1.29, 1.82) is 0 Å². The van der Waals surface area contributed by atoms with Crippen molar-refractivity contribution < 1.29 is 14.3 Å². The van der Waals surface area contributed by atoms with Gasteiger partial charge in [0.2, 0.25) is 5.91 Å². The normalized spacial score (nSPS) is 12.7. The molecule has 0 radical (unpaired) electrons. The average Bonchev–Trinajstić information content (AvgIpc) is 2.74. The zero-order valence-corrected chi connectivity index (χ0v) is 19.9. The zero-order valence-electron chi connectivity index (χ0n) is 17.5. The second kappa shape index (κ2) is 12.0. The van der Waals surface area contributed by atoms with E-state index in [0.717, 1.165) is 16.5 Å². The predicted octanol–water partition coefficient (Wildman–Crippen LogP) is 5.20. The van der Waals surface area contributed by atoms with Crippen molar-refractivity contribution in [2.45, 2.75) is 52.2 Å². The number of halogens is 2. The number of carbonyl (C=O) groups excluding carboxylic acids is 2. The number of rotatable bonds is 10. The van der Waals surface area contributed by atoms with E-state index in [1.165, 1.54) is 0 Å². The molecule has 162 valence electrons. The molecule has 0 aromatic heterocycles. The van der Waals surface area contributed by atoms with Gasteiger partial charge in [0.15, 0.2) is 6.61 Å². The third-order valence-electron chi connectivity index (χ3n) is 4.83. The van der Waals surface area contributed by atoms with Crippen LogP contribution in [0.1, 0.15) is 39.2 Å². The van der Waals surface area contributed by atoms with Gasteiger partial charge in [-0.2, -0.15) is 0 Å². The number of amides is 2. The van der Waals surface area contributed by atoms with Gasteiger partial charge in [-0.1, -0.05) is 53.5 Å². The van der Waals surface area contributed by atoms with Crippen LogP contribution in [0.2, 0.25) is 5.02 Å². The predicted molar refractivity (Wildman–Crippen MR) is 124 cm³/mol. The molecule has 0 unspecified atom stereocenters. The second-order valence-electron chi connectivity index (χ2n) is 7.13. The van der Waals surface area contributed by atoms with Gasteiger partial charge < -0.3 is 15.0 Å². The molecule has 0 saturated heterocycles. The first-order valence-corrected chi connectivity index (χ1v) is 11.2. The standard InChI is InChI=1S/C23H28BrClN2O3/c1-4-16(3)26-23(29)21(5-2)27(14-17-6-10-19(25)11-7-17)22(28)15-30-20-12-8-18(24)9-13-20/h6-13,16,21H,4-5,14-15H2,1-3H3,(H,26,29)/t16-,21-/m1/s1. The highest BCUT2D eigenvalue weighted by Crippen LogP contribution is 2.18. The Morgan fingerprint density at radius 1 is 1.07 bits per heavy atom. The third-order valence-corrected chi connectivity index (χ3v) is 5.61.